The number of hydrogen-bond acceptors (Lipinski definition) is 4. The van der Waals surface area contributed by atoms with Gasteiger partial charge < -0.3 is 14.8 Å². The molecular weight excluding hydrogens is 440 g/mol. The van der Waals surface area contributed by atoms with Crippen LogP contribution in [0.4, 0.5) is 5.69 Å². The Morgan fingerprint density at radius 1 is 1.25 bits per heavy atom. The smallest absolute Gasteiger partial charge is 0.281 e. The van der Waals surface area contributed by atoms with Gasteiger partial charge in [0.15, 0.2) is 16.6 Å². The second-order valence-electron chi connectivity index (χ2n) is 6.08. The zero-order valence-electron chi connectivity index (χ0n) is 15.9. The lowest BCUT2D eigenvalue weighted by atomic mass is 10.1. The molecule has 1 saturated heterocycles. The van der Waals surface area contributed by atoms with E-state index in [1.54, 1.807) is 18.1 Å². The summed E-state index contributed by atoms with van der Waals surface area (Å²) in [5.41, 5.74) is 3.07. The summed E-state index contributed by atoms with van der Waals surface area (Å²) in [7, 11) is 1.58. The van der Waals surface area contributed by atoms with Gasteiger partial charge in [0.25, 0.3) is 5.91 Å². The Kier molecular flexibility index (Phi) is 6.36. The van der Waals surface area contributed by atoms with Gasteiger partial charge in [0, 0.05) is 0 Å². The van der Waals surface area contributed by atoms with Crippen LogP contribution >= 0.6 is 28.1 Å². The highest BCUT2D eigenvalue weighted by atomic mass is 79.9. The molecular formula is C21H21BrN2O3S. The summed E-state index contributed by atoms with van der Waals surface area (Å²) in [5.74, 6) is 1.03. The van der Waals surface area contributed by atoms with E-state index in [0.29, 0.717) is 28.9 Å². The molecule has 0 aromatic heterocycles. The highest BCUT2D eigenvalue weighted by Gasteiger charge is 2.33. The number of ether oxygens (including phenoxy) is 2. The van der Waals surface area contributed by atoms with Crippen LogP contribution in [0.2, 0.25) is 0 Å². The standard InChI is InChI=1S/C21H21BrN2O3S/c1-4-14-8-6-7-9-17(14)24-20(25)16(23-21(24)28)11-13-10-15(22)19(27-5-2)18(12-13)26-3/h6-12H,4-5H2,1-3H3,(H,23,28)/b16-11-. The van der Waals surface area contributed by atoms with E-state index in [1.807, 2.05) is 43.3 Å². The van der Waals surface area contributed by atoms with Crippen molar-refractivity contribution < 1.29 is 14.3 Å². The van der Waals surface area contributed by atoms with E-state index >= 15 is 0 Å². The number of halogens is 1. The Balaban J connectivity index is 1.97. The summed E-state index contributed by atoms with van der Waals surface area (Å²) >= 11 is 8.94. The van der Waals surface area contributed by atoms with E-state index in [0.717, 1.165) is 27.7 Å². The first-order chi connectivity index (χ1) is 13.5. The van der Waals surface area contributed by atoms with Crippen LogP contribution in [0.25, 0.3) is 6.08 Å². The summed E-state index contributed by atoms with van der Waals surface area (Å²) < 4.78 is 11.8. The number of carbonyl (C=O) groups excluding carboxylic acids is 1. The van der Waals surface area contributed by atoms with Crippen molar-refractivity contribution in [3.8, 4) is 11.5 Å². The van der Waals surface area contributed by atoms with Crippen LogP contribution in [0.5, 0.6) is 11.5 Å². The van der Waals surface area contributed by atoms with Crippen molar-refractivity contribution in [1.29, 1.82) is 0 Å². The zero-order valence-corrected chi connectivity index (χ0v) is 18.3. The normalized spacial score (nSPS) is 15.1. The molecule has 0 unspecified atom stereocenters. The lowest BCUT2D eigenvalue weighted by Crippen LogP contribution is -2.31. The number of carbonyl (C=O) groups is 1. The van der Waals surface area contributed by atoms with Crippen molar-refractivity contribution in [2.75, 3.05) is 18.6 Å². The van der Waals surface area contributed by atoms with Crippen molar-refractivity contribution in [2.45, 2.75) is 20.3 Å². The van der Waals surface area contributed by atoms with E-state index in [1.165, 1.54) is 0 Å². The van der Waals surface area contributed by atoms with Gasteiger partial charge in [-0.3, -0.25) is 9.69 Å². The predicted octanol–water partition coefficient (Wildman–Crippen LogP) is 4.68. The van der Waals surface area contributed by atoms with Crippen molar-refractivity contribution in [1.82, 2.24) is 5.32 Å². The van der Waals surface area contributed by atoms with Gasteiger partial charge in [0.2, 0.25) is 0 Å². The Hall–Kier alpha value is -2.38. The third-order valence-corrected chi connectivity index (χ3v) is 5.22. The van der Waals surface area contributed by atoms with Gasteiger partial charge in [-0.05, 0) is 76.9 Å². The molecule has 5 nitrogen and oxygen atoms in total. The Morgan fingerprint density at radius 2 is 2.00 bits per heavy atom. The molecule has 1 heterocycles. The summed E-state index contributed by atoms with van der Waals surface area (Å²) in [6, 6.07) is 11.5. The first-order valence-corrected chi connectivity index (χ1v) is 10.2. The fraction of sp³-hybridized carbons (Fsp3) is 0.238. The molecule has 0 saturated carbocycles. The third kappa shape index (κ3) is 3.91. The average Bonchev–Trinajstić information content (AvgIpc) is 2.96. The van der Waals surface area contributed by atoms with Gasteiger partial charge in [-0.15, -0.1) is 0 Å². The number of methoxy groups -OCH3 is 1. The zero-order chi connectivity index (χ0) is 20.3. The number of thiocarbonyl (C=S) groups is 1. The van der Waals surface area contributed by atoms with Crippen LogP contribution in [-0.2, 0) is 11.2 Å². The van der Waals surface area contributed by atoms with Crippen LogP contribution in [-0.4, -0.2) is 24.7 Å². The Morgan fingerprint density at radius 3 is 2.68 bits per heavy atom. The van der Waals surface area contributed by atoms with Gasteiger partial charge >= 0.3 is 0 Å². The largest absolute Gasteiger partial charge is 0.493 e. The molecule has 146 valence electrons. The van der Waals surface area contributed by atoms with Crippen LogP contribution in [0, 0.1) is 0 Å². The fourth-order valence-corrected chi connectivity index (χ4v) is 3.92. The number of para-hydroxylation sites is 1. The van der Waals surface area contributed by atoms with E-state index in [4.69, 9.17) is 21.7 Å². The van der Waals surface area contributed by atoms with E-state index in [2.05, 4.69) is 28.2 Å². The quantitative estimate of drug-likeness (QED) is 0.500. The van der Waals surface area contributed by atoms with Gasteiger partial charge in [-0.1, -0.05) is 25.1 Å². The predicted molar refractivity (Wildman–Crippen MR) is 119 cm³/mol. The maximum atomic E-state index is 13.0. The number of rotatable bonds is 6. The molecule has 0 radical (unpaired) electrons. The number of benzene rings is 2. The minimum atomic E-state index is -0.185. The summed E-state index contributed by atoms with van der Waals surface area (Å²) in [6.45, 7) is 4.48. The van der Waals surface area contributed by atoms with Gasteiger partial charge in [0.1, 0.15) is 5.70 Å². The van der Waals surface area contributed by atoms with E-state index in [-0.39, 0.29) is 5.91 Å². The molecule has 1 N–H and O–H groups in total. The minimum Gasteiger partial charge on any atom is -0.493 e. The lowest BCUT2D eigenvalue weighted by Gasteiger charge is -2.17. The average molecular weight is 461 g/mol. The van der Waals surface area contributed by atoms with Gasteiger partial charge in [0.05, 0.1) is 23.9 Å². The molecule has 0 spiro atoms. The molecule has 1 fully saturated rings. The number of amides is 1. The molecule has 1 aliphatic heterocycles. The second kappa shape index (κ2) is 8.75. The van der Waals surface area contributed by atoms with Crippen LogP contribution in [0.3, 0.4) is 0 Å². The van der Waals surface area contributed by atoms with Gasteiger partial charge in [-0.25, -0.2) is 0 Å². The monoisotopic (exact) mass is 460 g/mol. The molecule has 3 rings (SSSR count). The second-order valence-corrected chi connectivity index (χ2v) is 7.32. The van der Waals surface area contributed by atoms with Crippen LogP contribution in [0.1, 0.15) is 25.0 Å². The van der Waals surface area contributed by atoms with Crippen molar-refractivity contribution in [3.63, 3.8) is 0 Å². The molecule has 1 amide bonds. The van der Waals surface area contributed by atoms with E-state index in [9.17, 15) is 4.79 Å². The molecule has 0 atom stereocenters. The first kappa shape index (κ1) is 20.4. The lowest BCUT2D eigenvalue weighted by molar-refractivity contribution is -0.113. The van der Waals surface area contributed by atoms with Crippen LogP contribution in [0.15, 0.2) is 46.6 Å². The molecule has 2 aromatic rings. The van der Waals surface area contributed by atoms with Crippen molar-refractivity contribution in [2.24, 2.45) is 0 Å². The first-order valence-electron chi connectivity index (χ1n) is 8.95. The number of nitrogens with one attached hydrogen (secondary N) is 1. The third-order valence-electron chi connectivity index (χ3n) is 4.34. The molecule has 0 aliphatic carbocycles. The van der Waals surface area contributed by atoms with Crippen molar-refractivity contribution >= 4 is 50.9 Å². The topological polar surface area (TPSA) is 50.8 Å². The highest BCUT2D eigenvalue weighted by molar-refractivity contribution is 9.10. The van der Waals surface area contributed by atoms with Crippen LogP contribution < -0.4 is 19.7 Å². The Labute approximate surface area is 178 Å². The fourth-order valence-electron chi connectivity index (χ4n) is 3.06. The number of aryl methyl sites for hydroxylation is 1. The Bertz CT molecular complexity index is 959. The number of hydrogen-bond donors (Lipinski definition) is 1. The number of nitrogens with zero attached hydrogens (tertiary/aromatic N) is 1. The van der Waals surface area contributed by atoms with Gasteiger partial charge in [-0.2, -0.15) is 0 Å². The highest BCUT2D eigenvalue weighted by Crippen LogP contribution is 2.37. The molecule has 0 bridgehead atoms. The molecule has 7 heteroatoms. The molecule has 1 aliphatic rings. The minimum absolute atomic E-state index is 0.185. The number of anilines is 1. The molecule has 2 aromatic carbocycles. The molecule has 28 heavy (non-hydrogen) atoms. The van der Waals surface area contributed by atoms with Crippen molar-refractivity contribution in [3.05, 3.63) is 57.7 Å². The SMILES string of the molecule is CCOc1c(Br)cc(/C=C2\NC(=S)N(c3ccccc3CC)C2=O)cc1OC. The maximum Gasteiger partial charge on any atom is 0.281 e. The van der Waals surface area contributed by atoms with E-state index < -0.39 is 0 Å². The maximum absolute atomic E-state index is 13.0. The summed E-state index contributed by atoms with van der Waals surface area (Å²) in [6.07, 6.45) is 2.57. The summed E-state index contributed by atoms with van der Waals surface area (Å²) in [4.78, 5) is 14.6. The summed E-state index contributed by atoms with van der Waals surface area (Å²) in [5, 5.41) is 3.40.